The number of ether oxygens (including phenoxy) is 2. The summed E-state index contributed by atoms with van der Waals surface area (Å²) in [7, 11) is 0. The molecular formula is C47H93NO4. The molecule has 1 amide bonds. The monoisotopic (exact) mass is 736 g/mol. The zero-order valence-electron chi connectivity index (χ0n) is 35.7. The maximum Gasteiger partial charge on any atom is 0.287 e. The highest BCUT2D eigenvalue weighted by molar-refractivity contribution is 6.36. The summed E-state index contributed by atoms with van der Waals surface area (Å²) in [5.41, 5.74) is 0. The molecule has 0 heterocycles. The fourth-order valence-electron chi connectivity index (χ4n) is 7.16. The molecule has 0 bridgehead atoms. The highest BCUT2D eigenvalue weighted by atomic mass is 16.5. The smallest absolute Gasteiger partial charge is 0.287 e. The van der Waals surface area contributed by atoms with Crippen molar-refractivity contribution < 1.29 is 19.1 Å². The average Bonchev–Trinajstić information content (AvgIpc) is 3.15. The minimum absolute atomic E-state index is 0.200. The first-order valence-corrected chi connectivity index (χ1v) is 23.7. The third-order valence-corrected chi connectivity index (χ3v) is 10.8. The summed E-state index contributed by atoms with van der Waals surface area (Å²) >= 11 is 0. The van der Waals surface area contributed by atoms with Crippen molar-refractivity contribution in [3.05, 3.63) is 0 Å². The predicted molar refractivity (Wildman–Crippen MR) is 226 cm³/mol. The summed E-state index contributed by atoms with van der Waals surface area (Å²) in [6.07, 6.45) is 47.2. The largest absolute Gasteiger partial charge is 0.379 e. The molecule has 5 heteroatoms. The summed E-state index contributed by atoms with van der Waals surface area (Å²) in [5, 5.41) is 2.87. The lowest BCUT2D eigenvalue weighted by Gasteiger charge is -2.19. The van der Waals surface area contributed by atoms with Crippen LogP contribution in [0.3, 0.4) is 0 Å². The van der Waals surface area contributed by atoms with Gasteiger partial charge in [0.25, 0.3) is 5.91 Å². The molecule has 0 aromatic heterocycles. The Morgan fingerprint density at radius 2 is 0.712 bits per heavy atom. The average molecular weight is 736 g/mol. The van der Waals surface area contributed by atoms with Gasteiger partial charge in [-0.2, -0.15) is 0 Å². The maximum absolute atomic E-state index is 12.6. The van der Waals surface area contributed by atoms with Crippen LogP contribution in [0, 0.1) is 0 Å². The molecule has 0 rings (SSSR count). The van der Waals surface area contributed by atoms with Gasteiger partial charge in [-0.1, -0.05) is 233 Å². The van der Waals surface area contributed by atoms with E-state index in [2.05, 4.69) is 26.1 Å². The van der Waals surface area contributed by atoms with Gasteiger partial charge in [0.15, 0.2) is 0 Å². The minimum Gasteiger partial charge on any atom is -0.379 e. The van der Waals surface area contributed by atoms with Gasteiger partial charge < -0.3 is 14.8 Å². The second kappa shape index (κ2) is 44.5. The number of rotatable bonds is 45. The normalized spacial score (nSPS) is 12.1. The summed E-state index contributed by atoms with van der Waals surface area (Å²) in [6.45, 7) is 9.06. The highest BCUT2D eigenvalue weighted by Gasteiger charge is 2.16. The molecule has 0 saturated heterocycles. The maximum atomic E-state index is 12.6. The molecule has 0 spiro atoms. The standard InChI is InChI=1S/C47H93NO4/c1-4-7-10-13-16-19-21-23-25-27-29-32-35-38-41-51-44-45(43-48-47(50)46(49)40-37-34-31-18-15-12-9-6-3)52-42-39-36-33-30-28-26-24-22-20-17-14-11-8-5-2/h45H,4-44H2,1-3H3,(H,48,50)/t45-/m0/s1. The third kappa shape index (κ3) is 40.2. The first-order chi connectivity index (χ1) is 25.7. The van der Waals surface area contributed by atoms with Crippen molar-refractivity contribution >= 4 is 11.7 Å². The van der Waals surface area contributed by atoms with Gasteiger partial charge in [-0.25, -0.2) is 0 Å². The molecule has 0 radical (unpaired) electrons. The summed E-state index contributed by atoms with van der Waals surface area (Å²) < 4.78 is 12.2. The molecule has 5 nitrogen and oxygen atoms in total. The molecule has 0 aromatic rings. The molecule has 1 N–H and O–H groups in total. The number of hydrogen-bond acceptors (Lipinski definition) is 4. The number of ketones is 1. The van der Waals surface area contributed by atoms with E-state index in [1.165, 1.54) is 199 Å². The van der Waals surface area contributed by atoms with Gasteiger partial charge in [-0.05, 0) is 19.3 Å². The zero-order valence-corrected chi connectivity index (χ0v) is 35.7. The second-order valence-corrected chi connectivity index (χ2v) is 16.1. The van der Waals surface area contributed by atoms with Crippen molar-refractivity contribution in [1.29, 1.82) is 0 Å². The number of unbranched alkanes of at least 4 members (excludes halogenated alkanes) is 33. The quantitative estimate of drug-likeness (QED) is 0.0499. The Morgan fingerprint density at radius 3 is 1.08 bits per heavy atom. The van der Waals surface area contributed by atoms with Crippen molar-refractivity contribution in [2.75, 3.05) is 26.4 Å². The molecule has 310 valence electrons. The van der Waals surface area contributed by atoms with Gasteiger partial charge in [0.2, 0.25) is 5.78 Å². The number of amides is 1. The van der Waals surface area contributed by atoms with Gasteiger partial charge in [0, 0.05) is 26.2 Å². The molecule has 0 aliphatic heterocycles. The van der Waals surface area contributed by atoms with Gasteiger partial charge in [0.05, 0.1) is 12.7 Å². The fraction of sp³-hybridized carbons (Fsp3) is 0.957. The van der Waals surface area contributed by atoms with E-state index in [4.69, 9.17) is 9.47 Å². The molecule has 1 atom stereocenters. The zero-order chi connectivity index (χ0) is 37.8. The third-order valence-electron chi connectivity index (χ3n) is 10.8. The van der Waals surface area contributed by atoms with Crippen LogP contribution in [0.5, 0.6) is 0 Å². The first kappa shape index (κ1) is 51.1. The Morgan fingerprint density at radius 1 is 0.404 bits per heavy atom. The van der Waals surface area contributed by atoms with E-state index in [-0.39, 0.29) is 11.9 Å². The van der Waals surface area contributed by atoms with Gasteiger partial charge in [-0.3, -0.25) is 9.59 Å². The van der Waals surface area contributed by atoms with Crippen LogP contribution >= 0.6 is 0 Å². The topological polar surface area (TPSA) is 64.6 Å². The van der Waals surface area contributed by atoms with E-state index in [0.29, 0.717) is 26.2 Å². The van der Waals surface area contributed by atoms with E-state index < -0.39 is 5.91 Å². The molecular weight excluding hydrogens is 643 g/mol. The second-order valence-electron chi connectivity index (χ2n) is 16.1. The number of nitrogens with one attached hydrogen (secondary N) is 1. The first-order valence-electron chi connectivity index (χ1n) is 23.7. The molecule has 0 fully saturated rings. The summed E-state index contributed by atoms with van der Waals surface area (Å²) in [5.74, 6) is -0.750. The van der Waals surface area contributed by atoms with Crippen LogP contribution < -0.4 is 5.32 Å². The molecule has 0 unspecified atom stereocenters. The van der Waals surface area contributed by atoms with Gasteiger partial charge in [0.1, 0.15) is 0 Å². The lowest BCUT2D eigenvalue weighted by atomic mass is 10.0. The number of Topliss-reactive ketones (excluding diaryl/α,β-unsaturated/α-hetero) is 1. The Labute approximate surface area is 326 Å². The Balaban J connectivity index is 4.15. The lowest BCUT2D eigenvalue weighted by Crippen LogP contribution is -2.39. The predicted octanol–water partition coefficient (Wildman–Crippen LogP) is 14.6. The van der Waals surface area contributed by atoms with Crippen molar-refractivity contribution in [1.82, 2.24) is 5.32 Å². The number of carbonyl (C=O) groups is 2. The molecule has 0 aliphatic rings. The summed E-state index contributed by atoms with van der Waals surface area (Å²) in [6, 6.07) is 0. The van der Waals surface area contributed by atoms with Crippen LogP contribution in [0.25, 0.3) is 0 Å². The van der Waals surface area contributed by atoms with Gasteiger partial charge in [-0.15, -0.1) is 0 Å². The molecule has 0 aromatic carbocycles. The Bertz CT molecular complexity index is 714. The van der Waals surface area contributed by atoms with Crippen LogP contribution in [0.4, 0.5) is 0 Å². The van der Waals surface area contributed by atoms with Crippen molar-refractivity contribution in [2.45, 2.75) is 264 Å². The van der Waals surface area contributed by atoms with Crippen LogP contribution in [-0.2, 0) is 19.1 Å². The minimum atomic E-state index is -0.458. The Kier molecular flexibility index (Phi) is 43.7. The number of hydrogen-bond donors (Lipinski definition) is 1. The molecule has 0 saturated carbocycles. The van der Waals surface area contributed by atoms with E-state index in [1.54, 1.807) is 0 Å². The SMILES string of the molecule is CCCCCCCCCCCCCCCCOC[C@H](CNC(=O)C(=O)CCCCCCCCCC)OCCCCCCCCCCCCCCCC. The van der Waals surface area contributed by atoms with Crippen molar-refractivity contribution in [3.63, 3.8) is 0 Å². The van der Waals surface area contributed by atoms with E-state index in [0.717, 1.165) is 38.7 Å². The van der Waals surface area contributed by atoms with E-state index in [9.17, 15) is 9.59 Å². The fourth-order valence-corrected chi connectivity index (χ4v) is 7.16. The lowest BCUT2D eigenvalue weighted by molar-refractivity contribution is -0.138. The van der Waals surface area contributed by atoms with Gasteiger partial charge >= 0.3 is 0 Å². The van der Waals surface area contributed by atoms with Crippen molar-refractivity contribution in [3.8, 4) is 0 Å². The van der Waals surface area contributed by atoms with Crippen molar-refractivity contribution in [2.24, 2.45) is 0 Å². The molecule has 0 aliphatic carbocycles. The van der Waals surface area contributed by atoms with Crippen LogP contribution in [0.2, 0.25) is 0 Å². The van der Waals surface area contributed by atoms with E-state index in [1.807, 2.05) is 0 Å². The van der Waals surface area contributed by atoms with Crippen LogP contribution in [0.15, 0.2) is 0 Å². The number of carbonyl (C=O) groups excluding carboxylic acids is 2. The molecule has 52 heavy (non-hydrogen) atoms. The Hall–Kier alpha value is -0.940. The van der Waals surface area contributed by atoms with E-state index >= 15 is 0 Å². The summed E-state index contributed by atoms with van der Waals surface area (Å²) in [4.78, 5) is 25.0. The van der Waals surface area contributed by atoms with Crippen LogP contribution in [0.1, 0.15) is 258 Å². The highest BCUT2D eigenvalue weighted by Crippen LogP contribution is 2.15. The van der Waals surface area contributed by atoms with Crippen LogP contribution in [-0.4, -0.2) is 44.2 Å².